The third-order valence-corrected chi connectivity index (χ3v) is 12.9. The monoisotopic (exact) mass is 1070 g/mol. The minimum Gasteiger partial charge on any atom is -0.394 e. The first kappa shape index (κ1) is 66.0. The van der Waals surface area contributed by atoms with E-state index in [1.807, 2.05) is 6.08 Å². The highest BCUT2D eigenvalue weighted by Crippen LogP contribution is 2.33. The number of aliphatic hydroxyl groups is 11. The molecule has 0 saturated carbocycles. The number of ether oxygens (including phenoxy) is 6. The number of carbonyl (C=O) groups excluding carboxylic acids is 1. The normalized spacial score (nSPS) is 32.0. The topological polar surface area (TPSA) is 307 Å². The van der Waals surface area contributed by atoms with Crippen LogP contribution in [-0.4, -0.2) is 193 Å². The van der Waals surface area contributed by atoms with Gasteiger partial charge in [0.1, 0.15) is 73.2 Å². The van der Waals surface area contributed by atoms with Gasteiger partial charge in [0.2, 0.25) is 5.91 Å². The number of unbranched alkanes of at least 4 members (excludes halogenated alkanes) is 6. The van der Waals surface area contributed by atoms with Crippen LogP contribution >= 0.6 is 0 Å². The lowest BCUT2D eigenvalue weighted by Crippen LogP contribution is -2.66. The van der Waals surface area contributed by atoms with Crippen LogP contribution in [0.1, 0.15) is 117 Å². The molecule has 3 rings (SSSR count). The van der Waals surface area contributed by atoms with Gasteiger partial charge < -0.3 is 89.9 Å². The lowest BCUT2D eigenvalue weighted by atomic mass is 9.96. The van der Waals surface area contributed by atoms with Gasteiger partial charge in [-0.3, -0.25) is 4.79 Å². The third-order valence-electron chi connectivity index (χ3n) is 12.9. The van der Waals surface area contributed by atoms with Gasteiger partial charge in [-0.15, -0.1) is 0 Å². The molecule has 3 aliphatic rings. The van der Waals surface area contributed by atoms with Gasteiger partial charge in [-0.2, -0.15) is 0 Å². The van der Waals surface area contributed by atoms with Crippen molar-refractivity contribution in [1.82, 2.24) is 5.32 Å². The fourth-order valence-corrected chi connectivity index (χ4v) is 8.40. The first-order chi connectivity index (χ1) is 36.3. The summed E-state index contributed by atoms with van der Waals surface area (Å²) in [7, 11) is 0. The maximum atomic E-state index is 13.2. The highest BCUT2D eigenvalue weighted by Gasteiger charge is 2.53. The Kier molecular flexibility index (Phi) is 34.4. The maximum Gasteiger partial charge on any atom is 0.220 e. The van der Waals surface area contributed by atoms with Gasteiger partial charge >= 0.3 is 0 Å². The van der Waals surface area contributed by atoms with Crippen molar-refractivity contribution in [1.29, 1.82) is 0 Å². The minimum atomic E-state index is -1.98. The first-order valence-electron chi connectivity index (χ1n) is 27.0. The molecule has 3 fully saturated rings. The van der Waals surface area contributed by atoms with Gasteiger partial charge in [-0.05, 0) is 77.0 Å². The molecule has 0 bridgehead atoms. The zero-order valence-corrected chi connectivity index (χ0v) is 44.0. The molecule has 3 aliphatic heterocycles. The van der Waals surface area contributed by atoms with E-state index in [1.54, 1.807) is 6.08 Å². The molecule has 0 aliphatic carbocycles. The molecule has 17 atom stereocenters. The molecule has 3 saturated heterocycles. The van der Waals surface area contributed by atoms with Crippen molar-refractivity contribution in [3.8, 4) is 0 Å². The Hall–Kier alpha value is -3.29. The van der Waals surface area contributed by atoms with Crippen LogP contribution in [0, 0.1) is 0 Å². The van der Waals surface area contributed by atoms with E-state index in [0.29, 0.717) is 12.8 Å². The third kappa shape index (κ3) is 24.1. The van der Waals surface area contributed by atoms with Crippen LogP contribution in [-0.2, 0) is 33.2 Å². The molecule has 17 unspecified atom stereocenters. The molecule has 75 heavy (non-hydrogen) atoms. The van der Waals surface area contributed by atoms with E-state index >= 15 is 0 Å². The molecule has 0 aromatic heterocycles. The quantitative estimate of drug-likeness (QED) is 0.0317. The first-order valence-corrected chi connectivity index (χ1v) is 27.0. The fourth-order valence-electron chi connectivity index (χ4n) is 8.40. The predicted molar refractivity (Wildman–Crippen MR) is 281 cm³/mol. The van der Waals surface area contributed by atoms with Crippen molar-refractivity contribution in [2.75, 3.05) is 26.4 Å². The van der Waals surface area contributed by atoms with Crippen LogP contribution in [0.2, 0.25) is 0 Å². The molecule has 428 valence electrons. The smallest absolute Gasteiger partial charge is 0.220 e. The van der Waals surface area contributed by atoms with Crippen molar-refractivity contribution in [2.45, 2.75) is 221 Å². The molecule has 0 aromatic rings. The molecular weight excluding hydrogens is 975 g/mol. The van der Waals surface area contributed by atoms with Gasteiger partial charge in [0.05, 0.1) is 38.6 Å². The average molecular weight is 1070 g/mol. The summed E-state index contributed by atoms with van der Waals surface area (Å²) in [6, 6.07) is -0.993. The summed E-state index contributed by atoms with van der Waals surface area (Å²) in [5.74, 6) is -0.322. The number of nitrogens with one attached hydrogen (secondary N) is 1. The van der Waals surface area contributed by atoms with Gasteiger partial charge in [0.25, 0.3) is 0 Å². The number of allylic oxidation sites excluding steroid dienone is 15. The van der Waals surface area contributed by atoms with Crippen LogP contribution in [0.4, 0.5) is 0 Å². The average Bonchev–Trinajstić information content (AvgIpc) is 3.41. The minimum absolute atomic E-state index is 0.195. The Morgan fingerprint density at radius 3 is 1.41 bits per heavy atom. The van der Waals surface area contributed by atoms with E-state index < -0.39 is 124 Å². The van der Waals surface area contributed by atoms with Crippen LogP contribution in [0.15, 0.2) is 97.2 Å². The standard InChI is InChI=1S/C56H91NO18/c1-3-5-7-9-10-11-12-13-14-15-16-17-18-19-20-21-22-23-24-25-26-27-28-30-32-34-44(62)57-39(40(61)33-31-29-8-6-4-2)38-70-54-50(68)47(65)52(42(36-59)72-54)75-56-51(69)48(66)53(43(37-60)73-56)74-55-49(67)46(64)45(63)41(35-58)71-55/h5,7,10-11,13-14,16-17,19-20,22-23,25-26,31,33,39-43,45-56,58-61,63-69H,3-4,6,8-9,12,15,18,21,24,27-30,32,34-38H2,1-2H3,(H,57,62)/b7-5-,11-10-,14-13-,17-16-,20-19-,23-22-,26-25-,33-31+. The summed E-state index contributed by atoms with van der Waals surface area (Å²) in [6.07, 6.45) is 20.5. The molecule has 19 nitrogen and oxygen atoms in total. The van der Waals surface area contributed by atoms with Gasteiger partial charge in [-0.25, -0.2) is 0 Å². The summed E-state index contributed by atoms with van der Waals surface area (Å²) in [4.78, 5) is 13.2. The zero-order valence-electron chi connectivity index (χ0n) is 44.0. The highest BCUT2D eigenvalue weighted by molar-refractivity contribution is 5.76. The number of hydrogen-bond acceptors (Lipinski definition) is 18. The lowest BCUT2D eigenvalue weighted by Gasteiger charge is -2.48. The second-order valence-electron chi connectivity index (χ2n) is 19.0. The van der Waals surface area contributed by atoms with Crippen molar-refractivity contribution < 1.29 is 89.4 Å². The maximum absolute atomic E-state index is 13.2. The Morgan fingerprint density at radius 2 is 0.920 bits per heavy atom. The molecule has 12 N–H and O–H groups in total. The van der Waals surface area contributed by atoms with Gasteiger partial charge in [-0.1, -0.05) is 130 Å². The van der Waals surface area contributed by atoms with E-state index in [2.05, 4.69) is 104 Å². The molecule has 0 aromatic carbocycles. The van der Waals surface area contributed by atoms with E-state index in [0.717, 1.165) is 83.5 Å². The second-order valence-corrected chi connectivity index (χ2v) is 19.0. The number of amides is 1. The zero-order chi connectivity index (χ0) is 54.8. The van der Waals surface area contributed by atoms with E-state index in [9.17, 15) is 61.0 Å². The highest BCUT2D eigenvalue weighted by atomic mass is 16.8. The Morgan fingerprint density at radius 1 is 0.493 bits per heavy atom. The summed E-state index contributed by atoms with van der Waals surface area (Å²) in [5.41, 5.74) is 0. The molecule has 3 heterocycles. The van der Waals surface area contributed by atoms with Crippen LogP contribution in [0.25, 0.3) is 0 Å². The molecule has 19 heteroatoms. The summed E-state index contributed by atoms with van der Waals surface area (Å²) >= 11 is 0. The summed E-state index contributed by atoms with van der Waals surface area (Å²) < 4.78 is 34.0. The van der Waals surface area contributed by atoms with Crippen LogP contribution in [0.3, 0.4) is 0 Å². The van der Waals surface area contributed by atoms with Crippen molar-refractivity contribution in [2.24, 2.45) is 0 Å². The van der Waals surface area contributed by atoms with Crippen molar-refractivity contribution in [3.63, 3.8) is 0 Å². The summed E-state index contributed by atoms with van der Waals surface area (Å²) in [6.45, 7) is 1.40. The second kappa shape index (κ2) is 39.1. The SMILES string of the molecule is CC/C=C\C/C=C\C/C=C\C/C=C\C/C=C\C/C=C\C/C=C\CCCCCC(=O)NC(COC1OC(CO)C(OC2OC(CO)C(OC3OC(CO)C(O)C(O)C3O)C(O)C2O)C(O)C1O)C(O)/C=C/CCCCC. The van der Waals surface area contributed by atoms with Crippen molar-refractivity contribution >= 4 is 5.91 Å². The fraction of sp³-hybridized carbons (Fsp3) is 0.696. The Bertz CT molecular complexity index is 1750. The predicted octanol–water partition coefficient (Wildman–Crippen LogP) is 3.03. The summed E-state index contributed by atoms with van der Waals surface area (Å²) in [5, 5.41) is 119. The van der Waals surface area contributed by atoms with Crippen LogP contribution < -0.4 is 5.32 Å². The molecule has 0 radical (unpaired) electrons. The van der Waals surface area contributed by atoms with Crippen molar-refractivity contribution in [3.05, 3.63) is 97.2 Å². The van der Waals surface area contributed by atoms with Crippen LogP contribution in [0.5, 0.6) is 0 Å². The van der Waals surface area contributed by atoms with Gasteiger partial charge in [0, 0.05) is 6.42 Å². The molecule has 1 amide bonds. The Balaban J connectivity index is 1.44. The van der Waals surface area contributed by atoms with E-state index in [1.165, 1.54) is 0 Å². The number of rotatable bonds is 36. The van der Waals surface area contributed by atoms with E-state index in [-0.39, 0.29) is 18.9 Å². The van der Waals surface area contributed by atoms with Gasteiger partial charge in [0.15, 0.2) is 18.9 Å². The lowest BCUT2D eigenvalue weighted by molar-refractivity contribution is -0.379. The molecule has 0 spiro atoms. The van der Waals surface area contributed by atoms with E-state index in [4.69, 9.17) is 28.4 Å². The largest absolute Gasteiger partial charge is 0.394 e. The number of aliphatic hydroxyl groups excluding tert-OH is 11. The Labute approximate surface area is 443 Å². The molecular formula is C56H91NO18. The number of hydrogen-bond donors (Lipinski definition) is 12. The number of carbonyl (C=O) groups is 1.